The summed E-state index contributed by atoms with van der Waals surface area (Å²) in [4.78, 5) is 32.4. The highest BCUT2D eigenvalue weighted by atomic mass is 16.6. The maximum absolute atomic E-state index is 11.2. The molecule has 0 rings (SSSR count). The summed E-state index contributed by atoms with van der Waals surface area (Å²) in [5.41, 5.74) is -0.552. The van der Waals surface area contributed by atoms with E-state index in [9.17, 15) is 14.4 Å². The van der Waals surface area contributed by atoms with Crippen LogP contribution in [0.1, 0.15) is 40.0 Å². The third kappa shape index (κ3) is 10.7. The lowest BCUT2D eigenvalue weighted by Crippen LogP contribution is -2.33. The van der Waals surface area contributed by atoms with Crippen LogP contribution in [0.25, 0.3) is 0 Å². The van der Waals surface area contributed by atoms with Gasteiger partial charge in [-0.25, -0.2) is 4.79 Å². The van der Waals surface area contributed by atoms with Crippen LogP contribution in [0.3, 0.4) is 0 Å². The van der Waals surface area contributed by atoms with Crippen molar-refractivity contribution < 1.29 is 24.2 Å². The normalized spacial score (nSPS) is 10.8. The lowest BCUT2D eigenvalue weighted by molar-refractivity contribution is -0.140. The van der Waals surface area contributed by atoms with Crippen molar-refractivity contribution in [3.8, 4) is 0 Å². The summed E-state index contributed by atoms with van der Waals surface area (Å²) < 4.78 is 4.98. The number of hydrogen-bond acceptors (Lipinski definition) is 4. The summed E-state index contributed by atoms with van der Waals surface area (Å²) >= 11 is 0. The Morgan fingerprint density at radius 3 is 2.29 bits per heavy atom. The maximum atomic E-state index is 11.2. The van der Waals surface area contributed by atoms with Crippen LogP contribution in [-0.2, 0) is 14.3 Å². The Hall–Kier alpha value is -1.59. The lowest BCUT2D eigenvalue weighted by Gasteiger charge is -2.19. The second-order valence-corrected chi connectivity index (χ2v) is 4.64. The first-order valence-electron chi connectivity index (χ1n) is 5.41. The molecule has 0 saturated carbocycles. The first kappa shape index (κ1) is 15.4. The lowest BCUT2D eigenvalue weighted by atomic mass is 10.2. The van der Waals surface area contributed by atoms with Crippen LogP contribution < -0.4 is 5.32 Å². The van der Waals surface area contributed by atoms with E-state index in [4.69, 9.17) is 9.84 Å². The molecule has 0 aromatic carbocycles. The third-order valence-corrected chi connectivity index (χ3v) is 1.65. The molecule has 0 bridgehead atoms. The number of carboxylic acid groups (broad SMARTS) is 1. The molecule has 0 heterocycles. The molecule has 0 atom stereocenters. The summed E-state index contributed by atoms with van der Waals surface area (Å²) in [5, 5.41) is 10.8. The average molecular weight is 245 g/mol. The van der Waals surface area contributed by atoms with Crippen LogP contribution in [0.5, 0.6) is 0 Å². The van der Waals surface area contributed by atoms with Crippen LogP contribution in [0, 0.1) is 0 Å². The molecule has 0 aromatic heterocycles. The molecule has 98 valence electrons. The van der Waals surface area contributed by atoms with E-state index in [2.05, 4.69) is 5.32 Å². The SMILES string of the molecule is CC(C)(C)OC(=O)NCCCC(=O)CC(=O)O. The number of carbonyl (C=O) groups excluding carboxylic acids is 2. The number of aliphatic carboxylic acids is 1. The van der Waals surface area contributed by atoms with Gasteiger partial charge in [-0.1, -0.05) is 0 Å². The molecule has 17 heavy (non-hydrogen) atoms. The predicted molar refractivity (Wildman–Crippen MR) is 60.7 cm³/mol. The van der Waals surface area contributed by atoms with Gasteiger partial charge in [0.25, 0.3) is 0 Å². The summed E-state index contributed by atoms with van der Waals surface area (Å²) in [7, 11) is 0. The molecule has 1 amide bonds. The number of rotatable bonds is 6. The van der Waals surface area contributed by atoms with Crippen LogP contribution in [0.4, 0.5) is 4.79 Å². The van der Waals surface area contributed by atoms with Crippen LogP contribution in [0.2, 0.25) is 0 Å². The minimum atomic E-state index is -1.13. The standard InChI is InChI=1S/C11H19NO5/c1-11(2,3)17-10(16)12-6-4-5-8(13)7-9(14)15/h4-7H2,1-3H3,(H,12,16)(H,14,15). The summed E-state index contributed by atoms with van der Waals surface area (Å²) in [5.74, 6) is -1.47. The number of carboxylic acids is 1. The first-order valence-corrected chi connectivity index (χ1v) is 5.41. The Balaban J connectivity index is 3.61. The van der Waals surface area contributed by atoms with E-state index in [1.165, 1.54) is 0 Å². The van der Waals surface area contributed by atoms with Crippen molar-refractivity contribution in [3.05, 3.63) is 0 Å². The molecular weight excluding hydrogens is 226 g/mol. The number of carbonyl (C=O) groups is 3. The Morgan fingerprint density at radius 2 is 1.82 bits per heavy atom. The third-order valence-electron chi connectivity index (χ3n) is 1.65. The van der Waals surface area contributed by atoms with Crippen LogP contribution in [-0.4, -0.2) is 35.1 Å². The van der Waals surface area contributed by atoms with Crippen molar-refractivity contribution in [3.63, 3.8) is 0 Å². The van der Waals surface area contributed by atoms with E-state index in [1.807, 2.05) is 0 Å². The first-order chi connectivity index (χ1) is 7.70. The molecule has 0 spiro atoms. The van der Waals surface area contributed by atoms with Gasteiger partial charge in [0.15, 0.2) is 0 Å². The highest BCUT2D eigenvalue weighted by molar-refractivity contribution is 5.94. The fraction of sp³-hybridized carbons (Fsp3) is 0.727. The van der Waals surface area contributed by atoms with E-state index in [0.717, 1.165) is 0 Å². The maximum Gasteiger partial charge on any atom is 0.407 e. The summed E-state index contributed by atoms with van der Waals surface area (Å²) in [6.45, 7) is 5.55. The molecule has 6 nitrogen and oxygen atoms in total. The number of alkyl carbamates (subject to hydrolysis) is 1. The largest absolute Gasteiger partial charge is 0.481 e. The molecule has 2 N–H and O–H groups in total. The van der Waals surface area contributed by atoms with Gasteiger partial charge in [-0.2, -0.15) is 0 Å². The van der Waals surface area contributed by atoms with Crippen molar-refractivity contribution >= 4 is 17.8 Å². The second kappa shape index (κ2) is 6.88. The van der Waals surface area contributed by atoms with Crippen molar-refractivity contribution in [2.75, 3.05) is 6.54 Å². The van der Waals surface area contributed by atoms with Crippen molar-refractivity contribution in [1.82, 2.24) is 5.32 Å². The van der Waals surface area contributed by atoms with Gasteiger partial charge < -0.3 is 15.2 Å². The van der Waals surface area contributed by atoms with E-state index in [1.54, 1.807) is 20.8 Å². The van der Waals surface area contributed by atoms with E-state index in [0.29, 0.717) is 13.0 Å². The van der Waals surface area contributed by atoms with Crippen molar-refractivity contribution in [1.29, 1.82) is 0 Å². The van der Waals surface area contributed by atoms with Gasteiger partial charge in [0.2, 0.25) is 0 Å². The van der Waals surface area contributed by atoms with Gasteiger partial charge in [0.1, 0.15) is 17.8 Å². The van der Waals surface area contributed by atoms with Gasteiger partial charge in [-0.15, -0.1) is 0 Å². The van der Waals surface area contributed by atoms with E-state index >= 15 is 0 Å². The molecular formula is C11H19NO5. The Bertz CT molecular complexity index is 293. The fourth-order valence-electron chi connectivity index (χ4n) is 1.05. The fourth-order valence-corrected chi connectivity index (χ4v) is 1.05. The van der Waals surface area contributed by atoms with Crippen molar-refractivity contribution in [2.45, 2.75) is 45.6 Å². The minimum Gasteiger partial charge on any atom is -0.481 e. The number of amides is 1. The molecule has 6 heteroatoms. The zero-order valence-electron chi connectivity index (χ0n) is 10.4. The molecule has 0 aliphatic heterocycles. The highest BCUT2D eigenvalue weighted by Crippen LogP contribution is 2.06. The molecule has 0 fully saturated rings. The molecule has 0 unspecified atom stereocenters. The van der Waals surface area contributed by atoms with Crippen LogP contribution >= 0.6 is 0 Å². The Kier molecular flexibility index (Phi) is 6.23. The summed E-state index contributed by atoms with van der Waals surface area (Å²) in [6, 6.07) is 0. The molecule has 0 radical (unpaired) electrons. The Morgan fingerprint density at radius 1 is 1.24 bits per heavy atom. The topological polar surface area (TPSA) is 92.7 Å². The zero-order valence-corrected chi connectivity index (χ0v) is 10.4. The van der Waals surface area contributed by atoms with Gasteiger partial charge in [0.05, 0.1) is 0 Å². The number of Topliss-reactive ketones (excluding diaryl/α,β-unsaturated/α-hetero) is 1. The number of hydrogen-bond donors (Lipinski definition) is 2. The van der Waals surface area contributed by atoms with Gasteiger partial charge in [0, 0.05) is 13.0 Å². The highest BCUT2D eigenvalue weighted by Gasteiger charge is 2.15. The number of ether oxygens (including phenoxy) is 1. The minimum absolute atomic E-state index is 0.141. The molecule has 0 aromatic rings. The smallest absolute Gasteiger partial charge is 0.407 e. The quantitative estimate of drug-likeness (QED) is 0.544. The predicted octanol–water partition coefficient (Wildman–Crippen LogP) is 1.34. The number of nitrogens with one attached hydrogen (secondary N) is 1. The van der Waals surface area contributed by atoms with E-state index in [-0.39, 0.29) is 12.2 Å². The monoisotopic (exact) mass is 245 g/mol. The molecule has 0 saturated heterocycles. The van der Waals surface area contributed by atoms with E-state index < -0.39 is 24.1 Å². The molecule has 0 aliphatic carbocycles. The average Bonchev–Trinajstić information content (AvgIpc) is 2.08. The summed E-state index contributed by atoms with van der Waals surface area (Å²) in [6.07, 6.45) is -0.455. The van der Waals surface area contributed by atoms with Gasteiger partial charge >= 0.3 is 12.1 Å². The Labute approximate surface area is 100 Å². The number of ketones is 1. The van der Waals surface area contributed by atoms with Crippen LogP contribution in [0.15, 0.2) is 0 Å². The van der Waals surface area contributed by atoms with Gasteiger partial charge in [-0.3, -0.25) is 9.59 Å². The zero-order chi connectivity index (χ0) is 13.5. The van der Waals surface area contributed by atoms with Gasteiger partial charge in [-0.05, 0) is 27.2 Å². The van der Waals surface area contributed by atoms with Crippen molar-refractivity contribution in [2.24, 2.45) is 0 Å². The molecule has 0 aliphatic rings. The second-order valence-electron chi connectivity index (χ2n) is 4.64.